The fourth-order valence-electron chi connectivity index (χ4n) is 1.71. The summed E-state index contributed by atoms with van der Waals surface area (Å²) in [7, 11) is 0. The van der Waals surface area contributed by atoms with Gasteiger partial charge in [0.05, 0.1) is 5.25 Å². The van der Waals surface area contributed by atoms with Crippen molar-refractivity contribution in [1.29, 1.82) is 0 Å². The number of nitrogen functional groups attached to an aromatic ring is 1. The number of carbonyl (C=O) groups excluding carboxylic acids is 1. The van der Waals surface area contributed by atoms with Crippen LogP contribution in [0.15, 0.2) is 42.1 Å². The van der Waals surface area contributed by atoms with Crippen molar-refractivity contribution in [3.63, 3.8) is 0 Å². The Balaban J connectivity index is 2.14. The number of nitrogens with zero attached hydrogens (tertiary/aromatic N) is 3. The normalized spacial score (nSPS) is 11.9. The number of carbonyl (C=O) groups is 1. The van der Waals surface area contributed by atoms with Crippen molar-refractivity contribution in [2.75, 3.05) is 12.4 Å². The highest BCUT2D eigenvalue weighted by Crippen LogP contribution is 2.26. The summed E-state index contributed by atoms with van der Waals surface area (Å²) in [5, 5.41) is 11.5. The maximum absolute atomic E-state index is 11.8. The Kier molecular flexibility index (Phi) is 5.46. The SMILES string of the molecule is C=CCNC(=O)C(C)Sc1nnc(-c2cccc(Cl)c2)n1N. The fraction of sp³-hybridized carbons (Fsp3) is 0.214. The van der Waals surface area contributed by atoms with Crippen LogP contribution in [0.2, 0.25) is 5.02 Å². The number of nitrogens with two attached hydrogens (primary N) is 1. The van der Waals surface area contributed by atoms with Gasteiger partial charge in [0.1, 0.15) is 0 Å². The highest BCUT2D eigenvalue weighted by atomic mass is 35.5. The molecule has 0 saturated heterocycles. The van der Waals surface area contributed by atoms with Gasteiger partial charge in [-0.3, -0.25) is 4.79 Å². The predicted molar refractivity (Wildman–Crippen MR) is 89.1 cm³/mol. The monoisotopic (exact) mass is 337 g/mol. The lowest BCUT2D eigenvalue weighted by Gasteiger charge is -2.10. The van der Waals surface area contributed by atoms with Gasteiger partial charge in [0.2, 0.25) is 11.1 Å². The van der Waals surface area contributed by atoms with E-state index in [1.807, 2.05) is 12.1 Å². The standard InChI is InChI=1S/C14H16ClN5OS/c1-3-7-17-13(21)9(2)22-14-19-18-12(20(14)16)10-5-4-6-11(15)8-10/h3-6,8-9H,1,7,16H2,2H3,(H,17,21). The Bertz CT molecular complexity index is 688. The summed E-state index contributed by atoms with van der Waals surface area (Å²) in [6, 6.07) is 7.17. The quantitative estimate of drug-likeness (QED) is 0.479. The first-order valence-electron chi connectivity index (χ1n) is 6.54. The minimum Gasteiger partial charge on any atom is -0.352 e. The molecule has 22 heavy (non-hydrogen) atoms. The number of aromatic nitrogens is 3. The molecule has 0 spiro atoms. The van der Waals surface area contributed by atoms with Crippen LogP contribution in [0, 0.1) is 0 Å². The topological polar surface area (TPSA) is 85.8 Å². The molecule has 0 bridgehead atoms. The molecule has 1 amide bonds. The third kappa shape index (κ3) is 3.80. The number of hydrogen-bond donors (Lipinski definition) is 2. The largest absolute Gasteiger partial charge is 0.352 e. The molecule has 1 atom stereocenters. The molecule has 6 nitrogen and oxygen atoms in total. The van der Waals surface area contributed by atoms with Crippen molar-refractivity contribution in [3.8, 4) is 11.4 Å². The van der Waals surface area contributed by atoms with Crippen molar-refractivity contribution in [3.05, 3.63) is 41.9 Å². The van der Waals surface area contributed by atoms with Crippen LogP contribution < -0.4 is 11.2 Å². The van der Waals surface area contributed by atoms with Crippen LogP contribution in [-0.4, -0.2) is 32.6 Å². The van der Waals surface area contributed by atoms with E-state index in [1.54, 1.807) is 25.1 Å². The van der Waals surface area contributed by atoms with E-state index in [1.165, 1.54) is 16.4 Å². The van der Waals surface area contributed by atoms with E-state index in [0.717, 1.165) is 5.56 Å². The number of rotatable bonds is 6. The van der Waals surface area contributed by atoms with Gasteiger partial charge in [-0.05, 0) is 19.1 Å². The minimum absolute atomic E-state index is 0.114. The summed E-state index contributed by atoms with van der Waals surface area (Å²) < 4.78 is 1.35. The van der Waals surface area contributed by atoms with Crippen molar-refractivity contribution in [2.45, 2.75) is 17.3 Å². The predicted octanol–water partition coefficient (Wildman–Crippen LogP) is 2.10. The Labute approximate surface area is 137 Å². The molecule has 0 saturated carbocycles. The van der Waals surface area contributed by atoms with E-state index in [-0.39, 0.29) is 11.2 Å². The van der Waals surface area contributed by atoms with Crippen LogP contribution in [0.4, 0.5) is 0 Å². The van der Waals surface area contributed by atoms with Gasteiger partial charge in [0.25, 0.3) is 0 Å². The molecule has 0 radical (unpaired) electrons. The van der Waals surface area contributed by atoms with E-state index in [2.05, 4.69) is 22.1 Å². The summed E-state index contributed by atoms with van der Waals surface area (Å²) >= 11 is 7.20. The third-order valence-corrected chi connectivity index (χ3v) is 4.11. The Morgan fingerprint density at radius 1 is 1.59 bits per heavy atom. The number of thioether (sulfide) groups is 1. The van der Waals surface area contributed by atoms with Crippen LogP contribution in [0.3, 0.4) is 0 Å². The van der Waals surface area contributed by atoms with Crippen LogP contribution in [-0.2, 0) is 4.79 Å². The first-order chi connectivity index (χ1) is 10.5. The highest BCUT2D eigenvalue weighted by molar-refractivity contribution is 8.00. The van der Waals surface area contributed by atoms with Crippen LogP contribution >= 0.6 is 23.4 Å². The van der Waals surface area contributed by atoms with Gasteiger partial charge in [-0.2, -0.15) is 0 Å². The lowest BCUT2D eigenvalue weighted by Crippen LogP contribution is -2.31. The third-order valence-electron chi connectivity index (χ3n) is 2.82. The molecular formula is C14H16ClN5OS. The van der Waals surface area contributed by atoms with E-state index in [4.69, 9.17) is 17.4 Å². The molecular weight excluding hydrogens is 322 g/mol. The van der Waals surface area contributed by atoms with E-state index < -0.39 is 0 Å². The molecule has 3 N–H and O–H groups in total. The number of halogens is 1. The van der Waals surface area contributed by atoms with Crippen LogP contribution in [0.5, 0.6) is 0 Å². The lowest BCUT2D eigenvalue weighted by molar-refractivity contribution is -0.120. The van der Waals surface area contributed by atoms with Crippen molar-refractivity contribution in [2.24, 2.45) is 0 Å². The zero-order valence-electron chi connectivity index (χ0n) is 12.0. The van der Waals surface area contributed by atoms with Gasteiger partial charge in [-0.15, -0.1) is 16.8 Å². The zero-order valence-corrected chi connectivity index (χ0v) is 13.6. The molecule has 1 heterocycles. The molecule has 0 fully saturated rings. The molecule has 2 rings (SSSR count). The van der Waals surface area contributed by atoms with E-state index in [0.29, 0.717) is 22.5 Å². The fourth-order valence-corrected chi connectivity index (χ4v) is 2.69. The van der Waals surface area contributed by atoms with Gasteiger partial charge in [-0.1, -0.05) is 41.6 Å². The molecule has 116 valence electrons. The molecule has 1 aromatic carbocycles. The average molecular weight is 338 g/mol. The first kappa shape index (κ1) is 16.4. The molecule has 0 aliphatic heterocycles. The van der Waals surface area contributed by atoms with Crippen molar-refractivity contribution in [1.82, 2.24) is 20.2 Å². The summed E-state index contributed by atoms with van der Waals surface area (Å²) in [5.74, 6) is 6.39. The van der Waals surface area contributed by atoms with E-state index in [9.17, 15) is 4.79 Å². The second-order valence-electron chi connectivity index (χ2n) is 4.48. The Morgan fingerprint density at radius 2 is 2.36 bits per heavy atom. The lowest BCUT2D eigenvalue weighted by atomic mass is 10.2. The first-order valence-corrected chi connectivity index (χ1v) is 7.80. The van der Waals surface area contributed by atoms with Crippen molar-refractivity contribution < 1.29 is 4.79 Å². The summed E-state index contributed by atoms with van der Waals surface area (Å²) in [4.78, 5) is 11.8. The maximum Gasteiger partial charge on any atom is 0.233 e. The number of amides is 1. The molecule has 1 unspecified atom stereocenters. The Hall–Kier alpha value is -1.99. The second-order valence-corrected chi connectivity index (χ2v) is 6.22. The second kappa shape index (κ2) is 7.33. The molecule has 0 aliphatic carbocycles. The average Bonchev–Trinajstić information content (AvgIpc) is 2.86. The smallest absolute Gasteiger partial charge is 0.233 e. The number of benzene rings is 1. The molecule has 1 aromatic heterocycles. The molecule has 2 aromatic rings. The summed E-state index contributed by atoms with van der Waals surface area (Å²) in [6.45, 7) is 5.75. The van der Waals surface area contributed by atoms with Gasteiger partial charge in [-0.25, -0.2) is 4.68 Å². The molecule has 0 aliphatic rings. The summed E-state index contributed by atoms with van der Waals surface area (Å²) in [6.07, 6.45) is 1.62. The number of hydrogen-bond acceptors (Lipinski definition) is 5. The van der Waals surface area contributed by atoms with Gasteiger partial charge < -0.3 is 11.2 Å². The summed E-state index contributed by atoms with van der Waals surface area (Å²) in [5.41, 5.74) is 0.762. The zero-order chi connectivity index (χ0) is 16.1. The Morgan fingerprint density at radius 3 is 3.05 bits per heavy atom. The van der Waals surface area contributed by atoms with E-state index >= 15 is 0 Å². The van der Waals surface area contributed by atoms with Crippen molar-refractivity contribution >= 4 is 29.3 Å². The van der Waals surface area contributed by atoms with Gasteiger partial charge in [0.15, 0.2) is 5.82 Å². The minimum atomic E-state index is -0.348. The number of nitrogens with one attached hydrogen (secondary N) is 1. The van der Waals surface area contributed by atoms with Crippen LogP contribution in [0.1, 0.15) is 6.92 Å². The van der Waals surface area contributed by atoms with Crippen LogP contribution in [0.25, 0.3) is 11.4 Å². The van der Waals surface area contributed by atoms with Gasteiger partial charge >= 0.3 is 0 Å². The molecule has 8 heteroatoms. The highest BCUT2D eigenvalue weighted by Gasteiger charge is 2.19. The van der Waals surface area contributed by atoms with Gasteiger partial charge in [0, 0.05) is 17.1 Å². The maximum atomic E-state index is 11.8.